The van der Waals surface area contributed by atoms with Crippen molar-refractivity contribution in [3.63, 3.8) is 0 Å². The molecule has 0 atom stereocenters. The van der Waals surface area contributed by atoms with Crippen LogP contribution in [-0.4, -0.2) is 25.3 Å². The summed E-state index contributed by atoms with van der Waals surface area (Å²) in [5.41, 5.74) is 0.956. The number of nitrogens with zero attached hydrogens (tertiary/aromatic N) is 1. The van der Waals surface area contributed by atoms with Gasteiger partial charge in [-0.25, -0.2) is 0 Å². The van der Waals surface area contributed by atoms with Gasteiger partial charge in [-0.2, -0.15) is 8.78 Å². The molecule has 2 aromatic rings. The van der Waals surface area contributed by atoms with Crippen molar-refractivity contribution in [2.75, 3.05) is 11.9 Å². The summed E-state index contributed by atoms with van der Waals surface area (Å²) < 4.78 is 28.8. The highest BCUT2D eigenvalue weighted by Gasteiger charge is 2.07. The minimum absolute atomic E-state index is 0.0245. The van der Waals surface area contributed by atoms with Gasteiger partial charge in [-0.3, -0.25) is 4.79 Å². The zero-order valence-corrected chi connectivity index (χ0v) is 12.0. The van der Waals surface area contributed by atoms with Crippen molar-refractivity contribution in [3.05, 3.63) is 60.2 Å². The van der Waals surface area contributed by atoms with Crippen molar-refractivity contribution in [1.29, 1.82) is 0 Å². The smallest absolute Gasteiger partial charge is 0.387 e. The van der Waals surface area contributed by atoms with E-state index in [0.717, 1.165) is 0 Å². The molecule has 0 aliphatic heterocycles. The predicted molar refractivity (Wildman–Crippen MR) is 81.7 cm³/mol. The number of para-hydroxylation sites is 2. The lowest BCUT2D eigenvalue weighted by molar-refractivity contribution is -0.120. The molecule has 0 saturated heterocycles. The van der Waals surface area contributed by atoms with Gasteiger partial charge in [0.25, 0.3) is 5.91 Å². The lowest BCUT2D eigenvalue weighted by atomic mass is 10.2. The fourth-order valence-electron chi connectivity index (χ4n) is 1.70. The van der Waals surface area contributed by atoms with Crippen LogP contribution >= 0.6 is 0 Å². The molecule has 0 saturated carbocycles. The SMILES string of the molecule is O=C(CO/N=C\c1ccccc1OC(F)F)Nc1ccccc1. The van der Waals surface area contributed by atoms with E-state index in [9.17, 15) is 13.6 Å². The molecule has 1 amide bonds. The number of ether oxygens (including phenoxy) is 1. The predicted octanol–water partition coefficient (Wildman–Crippen LogP) is 3.28. The van der Waals surface area contributed by atoms with Crippen molar-refractivity contribution in [3.8, 4) is 5.75 Å². The van der Waals surface area contributed by atoms with Gasteiger partial charge in [0, 0.05) is 11.3 Å². The largest absolute Gasteiger partial charge is 0.434 e. The van der Waals surface area contributed by atoms with Crippen LogP contribution < -0.4 is 10.1 Å². The molecule has 0 fully saturated rings. The van der Waals surface area contributed by atoms with Crippen LogP contribution in [0.4, 0.5) is 14.5 Å². The Morgan fingerprint density at radius 3 is 2.57 bits per heavy atom. The van der Waals surface area contributed by atoms with Crippen molar-refractivity contribution < 1.29 is 23.1 Å². The molecule has 23 heavy (non-hydrogen) atoms. The minimum Gasteiger partial charge on any atom is -0.434 e. The van der Waals surface area contributed by atoms with Gasteiger partial charge >= 0.3 is 6.61 Å². The normalized spacial score (nSPS) is 10.7. The zero-order chi connectivity index (χ0) is 16.5. The highest BCUT2D eigenvalue weighted by molar-refractivity contribution is 5.91. The van der Waals surface area contributed by atoms with Crippen LogP contribution in [0.15, 0.2) is 59.8 Å². The number of benzene rings is 2. The standard InChI is InChI=1S/C16H14F2N2O3/c17-16(18)23-14-9-5-4-6-12(14)10-19-22-11-15(21)20-13-7-2-1-3-8-13/h1-10,16H,11H2,(H,20,21)/b19-10-. The maximum Gasteiger partial charge on any atom is 0.387 e. The fraction of sp³-hybridized carbons (Fsp3) is 0.125. The van der Waals surface area contributed by atoms with Crippen molar-refractivity contribution >= 4 is 17.8 Å². The molecule has 2 rings (SSSR count). The van der Waals surface area contributed by atoms with E-state index in [2.05, 4.69) is 15.2 Å². The van der Waals surface area contributed by atoms with E-state index in [0.29, 0.717) is 11.3 Å². The Morgan fingerprint density at radius 2 is 1.83 bits per heavy atom. The summed E-state index contributed by atoms with van der Waals surface area (Å²) >= 11 is 0. The maximum atomic E-state index is 12.3. The Kier molecular flexibility index (Phi) is 6.05. The van der Waals surface area contributed by atoms with Gasteiger partial charge in [0.05, 0.1) is 6.21 Å². The highest BCUT2D eigenvalue weighted by Crippen LogP contribution is 2.18. The van der Waals surface area contributed by atoms with E-state index >= 15 is 0 Å². The lowest BCUT2D eigenvalue weighted by Crippen LogP contribution is -2.16. The fourth-order valence-corrected chi connectivity index (χ4v) is 1.70. The van der Waals surface area contributed by atoms with Gasteiger partial charge in [-0.15, -0.1) is 0 Å². The summed E-state index contributed by atoms with van der Waals surface area (Å²) in [6.45, 7) is -3.23. The second kappa shape index (κ2) is 8.47. The molecule has 0 heterocycles. The van der Waals surface area contributed by atoms with Gasteiger partial charge in [0.15, 0.2) is 6.61 Å². The van der Waals surface area contributed by atoms with E-state index in [1.54, 1.807) is 36.4 Å². The molecule has 1 N–H and O–H groups in total. The third-order valence-corrected chi connectivity index (χ3v) is 2.65. The monoisotopic (exact) mass is 320 g/mol. The van der Waals surface area contributed by atoms with Crippen LogP contribution in [0.25, 0.3) is 0 Å². The van der Waals surface area contributed by atoms with Crippen LogP contribution in [0, 0.1) is 0 Å². The molecule has 2 aromatic carbocycles. The second-order valence-corrected chi connectivity index (χ2v) is 4.34. The molecule has 0 unspecified atom stereocenters. The Balaban J connectivity index is 1.84. The minimum atomic E-state index is -2.93. The number of rotatable bonds is 7. The van der Waals surface area contributed by atoms with Crippen molar-refractivity contribution in [2.24, 2.45) is 5.16 Å². The molecule has 120 valence electrons. The number of amides is 1. The van der Waals surface area contributed by atoms with Gasteiger partial charge < -0.3 is 14.9 Å². The number of halogens is 2. The number of anilines is 1. The number of carbonyl (C=O) groups is 1. The number of nitrogens with one attached hydrogen (secondary N) is 1. The Bertz CT molecular complexity index is 663. The molecule has 5 nitrogen and oxygen atoms in total. The molecule has 0 aliphatic carbocycles. The van der Waals surface area contributed by atoms with Gasteiger partial charge in [0.1, 0.15) is 5.75 Å². The number of hydrogen-bond acceptors (Lipinski definition) is 4. The summed E-state index contributed by atoms with van der Waals surface area (Å²) in [5.74, 6) is -0.408. The van der Waals surface area contributed by atoms with E-state index in [1.807, 2.05) is 6.07 Å². The number of oxime groups is 1. The van der Waals surface area contributed by atoms with Crippen LogP contribution in [0.1, 0.15) is 5.56 Å². The number of alkyl halides is 2. The van der Waals surface area contributed by atoms with E-state index in [1.165, 1.54) is 18.3 Å². The van der Waals surface area contributed by atoms with E-state index in [4.69, 9.17) is 4.84 Å². The number of carbonyl (C=O) groups excluding carboxylic acids is 1. The quantitative estimate of drug-likeness (QED) is 0.629. The summed E-state index contributed by atoms with van der Waals surface area (Å²) in [4.78, 5) is 16.4. The topological polar surface area (TPSA) is 59.9 Å². The van der Waals surface area contributed by atoms with Crippen LogP contribution in [0.2, 0.25) is 0 Å². The first-order chi connectivity index (χ1) is 11.1. The molecule has 0 spiro atoms. The van der Waals surface area contributed by atoms with E-state index < -0.39 is 6.61 Å². The summed E-state index contributed by atoms with van der Waals surface area (Å²) in [5, 5.41) is 6.20. The molecule has 0 aliphatic rings. The molecular weight excluding hydrogens is 306 g/mol. The lowest BCUT2D eigenvalue weighted by Gasteiger charge is -2.07. The van der Waals surface area contributed by atoms with Crippen molar-refractivity contribution in [1.82, 2.24) is 0 Å². The average molecular weight is 320 g/mol. The first-order valence-corrected chi connectivity index (χ1v) is 6.69. The van der Waals surface area contributed by atoms with Crippen molar-refractivity contribution in [2.45, 2.75) is 6.61 Å². The molecule has 0 radical (unpaired) electrons. The maximum absolute atomic E-state index is 12.3. The molecular formula is C16H14F2N2O3. The third kappa shape index (κ3) is 5.74. The second-order valence-electron chi connectivity index (χ2n) is 4.34. The van der Waals surface area contributed by atoms with Gasteiger partial charge in [-0.05, 0) is 24.3 Å². The van der Waals surface area contributed by atoms with Gasteiger partial charge in [-0.1, -0.05) is 35.5 Å². The Labute approximate surface area is 131 Å². The Hall–Kier alpha value is -2.96. The van der Waals surface area contributed by atoms with Gasteiger partial charge in [0.2, 0.25) is 0 Å². The Morgan fingerprint density at radius 1 is 1.13 bits per heavy atom. The summed E-state index contributed by atoms with van der Waals surface area (Å²) in [7, 11) is 0. The van der Waals surface area contributed by atoms with Crippen LogP contribution in [0.3, 0.4) is 0 Å². The number of hydrogen-bond donors (Lipinski definition) is 1. The average Bonchev–Trinajstić information content (AvgIpc) is 2.53. The molecule has 0 bridgehead atoms. The van der Waals surface area contributed by atoms with E-state index in [-0.39, 0.29) is 18.3 Å². The summed E-state index contributed by atoms with van der Waals surface area (Å²) in [6, 6.07) is 15.0. The molecule has 0 aromatic heterocycles. The zero-order valence-electron chi connectivity index (χ0n) is 12.0. The van der Waals surface area contributed by atoms with Crippen LogP contribution in [-0.2, 0) is 9.63 Å². The first-order valence-electron chi connectivity index (χ1n) is 6.69. The van der Waals surface area contributed by atoms with Crippen LogP contribution in [0.5, 0.6) is 5.75 Å². The molecule has 7 heteroatoms. The highest BCUT2D eigenvalue weighted by atomic mass is 19.3. The third-order valence-electron chi connectivity index (χ3n) is 2.65. The summed E-state index contributed by atoms with van der Waals surface area (Å²) in [6.07, 6.45) is 1.20. The first kappa shape index (κ1) is 16.4.